The van der Waals surface area contributed by atoms with Crippen molar-refractivity contribution in [1.82, 2.24) is 9.97 Å². The van der Waals surface area contributed by atoms with Crippen molar-refractivity contribution in [2.24, 2.45) is 0 Å². The Balaban J connectivity index is 1.73. The molecule has 0 amide bonds. The smallest absolute Gasteiger partial charge is 0.137 e. The van der Waals surface area contributed by atoms with Gasteiger partial charge in [0.1, 0.15) is 18.0 Å². The van der Waals surface area contributed by atoms with Gasteiger partial charge >= 0.3 is 0 Å². The number of nitrogen functional groups attached to an aromatic ring is 1. The van der Waals surface area contributed by atoms with E-state index in [4.69, 9.17) is 5.73 Å². The maximum Gasteiger partial charge on any atom is 0.137 e. The van der Waals surface area contributed by atoms with Crippen molar-refractivity contribution < 1.29 is 4.39 Å². The van der Waals surface area contributed by atoms with E-state index in [0.717, 1.165) is 28.7 Å². The number of anilines is 2. The lowest BCUT2D eigenvalue weighted by Gasteiger charge is -2.08. The van der Waals surface area contributed by atoms with Gasteiger partial charge in [-0.05, 0) is 42.3 Å². The van der Waals surface area contributed by atoms with Gasteiger partial charge in [0.05, 0.1) is 5.52 Å². The number of halogens is 1. The van der Waals surface area contributed by atoms with Crippen LogP contribution in [0.2, 0.25) is 0 Å². The number of fused-ring (bicyclic) bond motifs is 1. The van der Waals surface area contributed by atoms with E-state index in [1.807, 2.05) is 24.3 Å². The summed E-state index contributed by atoms with van der Waals surface area (Å²) in [6.07, 6.45) is 2.23. The summed E-state index contributed by atoms with van der Waals surface area (Å²) in [5, 5.41) is 4.18. The summed E-state index contributed by atoms with van der Waals surface area (Å²) in [6.45, 7) is 0.667. The van der Waals surface area contributed by atoms with Crippen LogP contribution in [0.5, 0.6) is 0 Å². The molecule has 0 fully saturated rings. The first-order chi connectivity index (χ1) is 10.2. The van der Waals surface area contributed by atoms with E-state index >= 15 is 0 Å². The number of benzene rings is 2. The largest absolute Gasteiger partial charge is 0.399 e. The summed E-state index contributed by atoms with van der Waals surface area (Å²) in [5.41, 5.74) is 8.17. The van der Waals surface area contributed by atoms with Gasteiger partial charge in [0.25, 0.3) is 0 Å². The van der Waals surface area contributed by atoms with Crippen LogP contribution in [0.25, 0.3) is 10.9 Å². The Morgan fingerprint density at radius 3 is 2.86 bits per heavy atom. The molecule has 0 aliphatic carbocycles. The van der Waals surface area contributed by atoms with Crippen LogP contribution in [0.4, 0.5) is 15.9 Å². The molecule has 2 aromatic carbocycles. The van der Waals surface area contributed by atoms with E-state index in [9.17, 15) is 4.39 Å². The summed E-state index contributed by atoms with van der Waals surface area (Å²) >= 11 is 0. The highest BCUT2D eigenvalue weighted by molar-refractivity contribution is 5.90. The zero-order chi connectivity index (χ0) is 14.7. The minimum absolute atomic E-state index is 0.213. The van der Waals surface area contributed by atoms with E-state index in [1.165, 1.54) is 12.4 Å². The molecule has 0 saturated heterocycles. The predicted molar refractivity (Wildman–Crippen MR) is 82.5 cm³/mol. The molecule has 1 aromatic heterocycles. The lowest BCUT2D eigenvalue weighted by molar-refractivity contribution is 0.625. The van der Waals surface area contributed by atoms with Crippen LogP contribution in [-0.4, -0.2) is 16.5 Å². The van der Waals surface area contributed by atoms with Crippen LogP contribution >= 0.6 is 0 Å². The standard InChI is InChI=1S/C16H15FN4/c17-12-3-1-2-11(8-12)6-7-19-16-14-5-4-13(18)9-15(14)20-10-21-16/h1-5,8-10H,6-7,18H2,(H,19,20,21). The molecule has 3 rings (SSSR count). The van der Waals surface area contributed by atoms with Gasteiger partial charge in [0.2, 0.25) is 0 Å². The van der Waals surface area contributed by atoms with Gasteiger partial charge in [-0.25, -0.2) is 14.4 Å². The average molecular weight is 282 g/mol. The van der Waals surface area contributed by atoms with Crippen molar-refractivity contribution in [2.75, 3.05) is 17.6 Å². The Labute approximate surface area is 121 Å². The zero-order valence-electron chi connectivity index (χ0n) is 11.4. The van der Waals surface area contributed by atoms with Gasteiger partial charge in [-0.2, -0.15) is 0 Å². The van der Waals surface area contributed by atoms with Gasteiger partial charge in [-0.1, -0.05) is 12.1 Å². The Bertz CT molecular complexity index is 773. The summed E-state index contributed by atoms with van der Waals surface area (Å²) in [6, 6.07) is 12.1. The Morgan fingerprint density at radius 2 is 2.00 bits per heavy atom. The van der Waals surface area contributed by atoms with Crippen LogP contribution in [-0.2, 0) is 6.42 Å². The van der Waals surface area contributed by atoms with Crippen LogP contribution in [0.15, 0.2) is 48.8 Å². The number of hydrogen-bond donors (Lipinski definition) is 2. The molecule has 5 heteroatoms. The molecule has 3 aromatic rings. The van der Waals surface area contributed by atoms with E-state index in [2.05, 4.69) is 15.3 Å². The monoisotopic (exact) mass is 282 g/mol. The van der Waals surface area contributed by atoms with Crippen LogP contribution in [0, 0.1) is 5.82 Å². The molecular formula is C16H15FN4. The molecule has 1 heterocycles. The minimum atomic E-state index is -0.213. The summed E-state index contributed by atoms with van der Waals surface area (Å²) in [4.78, 5) is 8.45. The van der Waals surface area contributed by atoms with Gasteiger partial charge in [0.15, 0.2) is 0 Å². The van der Waals surface area contributed by atoms with Crippen molar-refractivity contribution in [3.8, 4) is 0 Å². The first-order valence-corrected chi connectivity index (χ1v) is 6.71. The topological polar surface area (TPSA) is 63.8 Å². The minimum Gasteiger partial charge on any atom is -0.399 e. The second-order valence-electron chi connectivity index (χ2n) is 4.81. The Kier molecular flexibility index (Phi) is 3.64. The van der Waals surface area contributed by atoms with Crippen LogP contribution in [0.3, 0.4) is 0 Å². The number of rotatable bonds is 4. The van der Waals surface area contributed by atoms with Gasteiger partial charge in [-0.3, -0.25) is 0 Å². The van der Waals surface area contributed by atoms with E-state index in [-0.39, 0.29) is 5.82 Å². The number of nitrogens with one attached hydrogen (secondary N) is 1. The normalized spacial score (nSPS) is 10.7. The third-order valence-corrected chi connectivity index (χ3v) is 3.26. The molecule has 21 heavy (non-hydrogen) atoms. The lowest BCUT2D eigenvalue weighted by Crippen LogP contribution is -2.07. The highest BCUT2D eigenvalue weighted by Gasteiger charge is 2.03. The number of aromatic nitrogens is 2. The lowest BCUT2D eigenvalue weighted by atomic mass is 10.1. The maximum absolute atomic E-state index is 13.1. The quantitative estimate of drug-likeness (QED) is 0.722. The average Bonchev–Trinajstić information content (AvgIpc) is 2.47. The van der Waals surface area contributed by atoms with Gasteiger partial charge in [0, 0.05) is 17.6 Å². The Morgan fingerprint density at radius 1 is 1.10 bits per heavy atom. The molecule has 0 saturated carbocycles. The molecule has 0 aliphatic heterocycles. The summed E-state index contributed by atoms with van der Waals surface area (Å²) < 4.78 is 13.1. The molecule has 106 valence electrons. The molecule has 0 spiro atoms. The maximum atomic E-state index is 13.1. The molecule has 0 radical (unpaired) electrons. The Hall–Kier alpha value is -2.69. The van der Waals surface area contributed by atoms with Gasteiger partial charge in [-0.15, -0.1) is 0 Å². The first-order valence-electron chi connectivity index (χ1n) is 6.71. The second kappa shape index (κ2) is 5.75. The molecule has 0 bridgehead atoms. The predicted octanol–water partition coefficient (Wildman–Crippen LogP) is 3.01. The molecule has 0 unspecified atom stereocenters. The van der Waals surface area contributed by atoms with Crippen LogP contribution in [0.1, 0.15) is 5.56 Å². The number of hydrogen-bond acceptors (Lipinski definition) is 4. The number of nitrogens with two attached hydrogens (primary N) is 1. The fourth-order valence-electron chi connectivity index (χ4n) is 2.23. The van der Waals surface area contributed by atoms with Crippen molar-refractivity contribution >= 4 is 22.4 Å². The third kappa shape index (κ3) is 3.08. The molecule has 0 aliphatic rings. The third-order valence-electron chi connectivity index (χ3n) is 3.26. The summed E-state index contributed by atoms with van der Waals surface area (Å²) in [5.74, 6) is 0.548. The second-order valence-corrected chi connectivity index (χ2v) is 4.81. The van der Waals surface area contributed by atoms with E-state index in [0.29, 0.717) is 12.2 Å². The zero-order valence-corrected chi connectivity index (χ0v) is 11.4. The van der Waals surface area contributed by atoms with Crippen molar-refractivity contribution in [2.45, 2.75) is 6.42 Å². The fourth-order valence-corrected chi connectivity index (χ4v) is 2.23. The van der Waals surface area contributed by atoms with Crippen molar-refractivity contribution in [1.29, 1.82) is 0 Å². The summed E-state index contributed by atoms with van der Waals surface area (Å²) in [7, 11) is 0. The van der Waals surface area contributed by atoms with Crippen molar-refractivity contribution in [3.05, 3.63) is 60.2 Å². The fraction of sp³-hybridized carbons (Fsp3) is 0.125. The van der Waals surface area contributed by atoms with Crippen LogP contribution < -0.4 is 11.1 Å². The molecule has 3 N–H and O–H groups in total. The first kappa shape index (κ1) is 13.3. The van der Waals surface area contributed by atoms with Crippen molar-refractivity contribution in [3.63, 3.8) is 0 Å². The highest BCUT2D eigenvalue weighted by atomic mass is 19.1. The van der Waals surface area contributed by atoms with Gasteiger partial charge < -0.3 is 11.1 Å². The SMILES string of the molecule is Nc1ccc2c(NCCc3cccc(F)c3)ncnc2c1. The highest BCUT2D eigenvalue weighted by Crippen LogP contribution is 2.21. The molecule has 0 atom stereocenters. The van der Waals surface area contributed by atoms with E-state index in [1.54, 1.807) is 12.1 Å². The number of nitrogens with zero attached hydrogens (tertiary/aromatic N) is 2. The molecular weight excluding hydrogens is 267 g/mol. The van der Waals surface area contributed by atoms with E-state index < -0.39 is 0 Å². The molecule has 4 nitrogen and oxygen atoms in total.